The van der Waals surface area contributed by atoms with Crippen molar-refractivity contribution in [2.45, 2.75) is 6.42 Å². The van der Waals surface area contributed by atoms with Gasteiger partial charge in [-0.2, -0.15) is 5.26 Å². The molecule has 0 saturated carbocycles. The molecule has 0 unspecified atom stereocenters. The van der Waals surface area contributed by atoms with Crippen molar-refractivity contribution in [1.82, 2.24) is 4.98 Å². The zero-order valence-electron chi connectivity index (χ0n) is 10.1. The summed E-state index contributed by atoms with van der Waals surface area (Å²) >= 11 is 1.37. The fourth-order valence-electron chi connectivity index (χ4n) is 1.94. The molecule has 3 rings (SSSR count). The number of rotatable bonds is 4. The van der Waals surface area contributed by atoms with E-state index in [-0.39, 0.29) is 0 Å². The number of nitrogens with zero attached hydrogens (tertiary/aromatic N) is 2. The number of hydrogen-bond acceptors (Lipinski definition) is 5. The average Bonchev–Trinajstić information content (AvgIpc) is 3.06. The minimum atomic E-state index is 0.622. The molecule has 0 atom stereocenters. The molecule has 19 heavy (non-hydrogen) atoms. The van der Waals surface area contributed by atoms with E-state index in [9.17, 15) is 0 Å². The Labute approximate surface area is 114 Å². The molecule has 2 heterocycles. The van der Waals surface area contributed by atoms with Crippen LogP contribution in [0.25, 0.3) is 11.0 Å². The Kier molecular flexibility index (Phi) is 3.17. The van der Waals surface area contributed by atoms with Crippen LogP contribution < -0.4 is 5.32 Å². The average molecular weight is 269 g/mol. The number of aromatic nitrogens is 1. The molecule has 0 saturated heterocycles. The third kappa shape index (κ3) is 2.44. The van der Waals surface area contributed by atoms with E-state index in [2.05, 4.69) is 22.4 Å². The Morgan fingerprint density at radius 2 is 2.26 bits per heavy atom. The Bertz CT molecular complexity index is 738. The van der Waals surface area contributed by atoms with E-state index in [1.54, 1.807) is 12.5 Å². The van der Waals surface area contributed by atoms with Crippen LogP contribution in [-0.4, -0.2) is 11.5 Å². The first kappa shape index (κ1) is 11.8. The van der Waals surface area contributed by atoms with E-state index >= 15 is 0 Å². The van der Waals surface area contributed by atoms with Gasteiger partial charge in [0.1, 0.15) is 16.5 Å². The van der Waals surface area contributed by atoms with Gasteiger partial charge in [-0.25, -0.2) is 4.98 Å². The van der Waals surface area contributed by atoms with Crippen molar-refractivity contribution in [3.8, 4) is 6.07 Å². The van der Waals surface area contributed by atoms with Crippen LogP contribution in [0.3, 0.4) is 0 Å². The summed E-state index contributed by atoms with van der Waals surface area (Å²) < 4.78 is 5.49. The highest BCUT2D eigenvalue weighted by molar-refractivity contribution is 7.16. The maximum Gasteiger partial charge on any atom is 0.183 e. The number of furan rings is 1. The number of benzene rings is 1. The third-order valence-corrected chi connectivity index (χ3v) is 3.71. The second-order valence-electron chi connectivity index (χ2n) is 4.08. The highest BCUT2D eigenvalue weighted by Crippen LogP contribution is 2.21. The lowest BCUT2D eigenvalue weighted by atomic mass is 10.1. The molecule has 1 N–H and O–H groups in total. The number of fused-ring (bicyclic) bond motifs is 1. The first-order chi connectivity index (χ1) is 9.36. The van der Waals surface area contributed by atoms with Crippen LogP contribution in [0, 0.1) is 11.3 Å². The summed E-state index contributed by atoms with van der Waals surface area (Å²) in [4.78, 5) is 4.75. The smallest absolute Gasteiger partial charge is 0.183 e. The summed E-state index contributed by atoms with van der Waals surface area (Å²) in [7, 11) is 0. The SMILES string of the molecule is N#Cc1cnc(NCCc2coc3ccccc23)s1. The molecule has 94 valence electrons. The summed E-state index contributed by atoms with van der Waals surface area (Å²) in [5.41, 5.74) is 2.10. The number of thiazole rings is 1. The second-order valence-corrected chi connectivity index (χ2v) is 5.11. The Hall–Kier alpha value is -2.32. The largest absolute Gasteiger partial charge is 0.464 e. The Balaban J connectivity index is 1.65. The molecule has 0 amide bonds. The van der Waals surface area contributed by atoms with Crippen molar-refractivity contribution in [2.24, 2.45) is 0 Å². The van der Waals surface area contributed by atoms with E-state index in [1.807, 2.05) is 18.2 Å². The highest BCUT2D eigenvalue weighted by Gasteiger charge is 2.05. The molecule has 0 fully saturated rings. The third-order valence-electron chi connectivity index (χ3n) is 2.85. The van der Waals surface area contributed by atoms with Crippen LogP contribution in [0.2, 0.25) is 0 Å². The molecule has 5 heteroatoms. The highest BCUT2D eigenvalue weighted by atomic mass is 32.1. The Morgan fingerprint density at radius 3 is 3.11 bits per heavy atom. The predicted octanol–water partition coefficient (Wildman–Crippen LogP) is 3.42. The zero-order valence-corrected chi connectivity index (χ0v) is 10.9. The van der Waals surface area contributed by atoms with Crippen molar-refractivity contribution >= 4 is 27.4 Å². The van der Waals surface area contributed by atoms with Gasteiger partial charge in [-0.3, -0.25) is 0 Å². The van der Waals surface area contributed by atoms with Crippen molar-refractivity contribution < 1.29 is 4.42 Å². The molecular formula is C14H11N3OS. The van der Waals surface area contributed by atoms with Crippen molar-refractivity contribution in [3.63, 3.8) is 0 Å². The first-order valence-corrected chi connectivity index (χ1v) is 6.73. The summed E-state index contributed by atoms with van der Waals surface area (Å²) in [6.07, 6.45) is 4.24. The molecule has 0 aliphatic rings. The van der Waals surface area contributed by atoms with Crippen LogP contribution in [-0.2, 0) is 6.42 Å². The van der Waals surface area contributed by atoms with Gasteiger partial charge >= 0.3 is 0 Å². The van der Waals surface area contributed by atoms with E-state index in [4.69, 9.17) is 9.68 Å². The molecular weight excluding hydrogens is 258 g/mol. The van der Waals surface area contributed by atoms with E-state index in [1.165, 1.54) is 16.9 Å². The molecule has 0 spiro atoms. The topological polar surface area (TPSA) is 61.9 Å². The number of hydrogen-bond donors (Lipinski definition) is 1. The maximum atomic E-state index is 8.73. The van der Waals surface area contributed by atoms with Crippen LogP contribution in [0.4, 0.5) is 5.13 Å². The monoisotopic (exact) mass is 269 g/mol. The van der Waals surface area contributed by atoms with Crippen molar-refractivity contribution in [2.75, 3.05) is 11.9 Å². The van der Waals surface area contributed by atoms with Gasteiger partial charge in [-0.1, -0.05) is 29.5 Å². The lowest BCUT2D eigenvalue weighted by molar-refractivity contribution is 0.610. The minimum absolute atomic E-state index is 0.622. The summed E-state index contributed by atoms with van der Waals surface area (Å²) in [6, 6.07) is 10.1. The molecule has 0 radical (unpaired) electrons. The van der Waals surface area contributed by atoms with Gasteiger partial charge in [0.05, 0.1) is 12.5 Å². The van der Waals surface area contributed by atoms with Crippen LogP contribution in [0.15, 0.2) is 41.1 Å². The summed E-state index contributed by atoms with van der Waals surface area (Å²) in [6.45, 7) is 0.766. The van der Waals surface area contributed by atoms with Crippen molar-refractivity contribution in [1.29, 1.82) is 5.26 Å². The van der Waals surface area contributed by atoms with E-state index in [0.717, 1.165) is 29.1 Å². The van der Waals surface area contributed by atoms with Crippen LogP contribution in [0.1, 0.15) is 10.4 Å². The van der Waals surface area contributed by atoms with Gasteiger partial charge in [-0.15, -0.1) is 0 Å². The quantitative estimate of drug-likeness (QED) is 0.788. The van der Waals surface area contributed by atoms with Gasteiger partial charge in [0, 0.05) is 11.9 Å². The standard InChI is InChI=1S/C14H11N3OS/c15-7-11-8-17-14(19-11)16-6-5-10-9-18-13-4-2-1-3-12(10)13/h1-4,8-9H,5-6H2,(H,16,17). The fraction of sp³-hybridized carbons (Fsp3) is 0.143. The Morgan fingerprint density at radius 1 is 1.37 bits per heavy atom. The van der Waals surface area contributed by atoms with Crippen LogP contribution in [0.5, 0.6) is 0 Å². The lowest BCUT2D eigenvalue weighted by Crippen LogP contribution is -2.03. The number of nitrogens with one attached hydrogen (secondary N) is 1. The number of nitriles is 1. The molecule has 0 bridgehead atoms. The molecule has 4 nitrogen and oxygen atoms in total. The zero-order chi connectivity index (χ0) is 13.1. The fourth-order valence-corrected chi connectivity index (χ4v) is 2.58. The predicted molar refractivity (Wildman–Crippen MR) is 75.2 cm³/mol. The maximum absolute atomic E-state index is 8.73. The van der Waals surface area contributed by atoms with Gasteiger partial charge < -0.3 is 9.73 Å². The van der Waals surface area contributed by atoms with Crippen molar-refractivity contribution in [3.05, 3.63) is 47.2 Å². The molecule has 2 aromatic heterocycles. The minimum Gasteiger partial charge on any atom is -0.464 e. The number of anilines is 1. The molecule has 0 aliphatic heterocycles. The van der Waals surface area contributed by atoms with E-state index in [0.29, 0.717) is 4.88 Å². The van der Waals surface area contributed by atoms with Gasteiger partial charge in [0.2, 0.25) is 0 Å². The van der Waals surface area contributed by atoms with Gasteiger partial charge in [0.15, 0.2) is 5.13 Å². The number of para-hydroxylation sites is 1. The summed E-state index contributed by atoms with van der Waals surface area (Å²) in [5, 5.41) is 13.9. The lowest BCUT2D eigenvalue weighted by Gasteiger charge is -2.00. The first-order valence-electron chi connectivity index (χ1n) is 5.92. The van der Waals surface area contributed by atoms with Crippen LogP contribution >= 0.6 is 11.3 Å². The normalized spacial score (nSPS) is 10.5. The van der Waals surface area contributed by atoms with Gasteiger partial charge in [0.25, 0.3) is 0 Å². The summed E-state index contributed by atoms with van der Waals surface area (Å²) in [5.74, 6) is 0. The molecule has 1 aromatic carbocycles. The molecule has 0 aliphatic carbocycles. The second kappa shape index (κ2) is 5.12. The van der Waals surface area contributed by atoms with Gasteiger partial charge in [-0.05, 0) is 18.1 Å². The van der Waals surface area contributed by atoms with E-state index < -0.39 is 0 Å². The molecule has 3 aromatic rings.